The first-order valence-corrected chi connectivity index (χ1v) is 11.2. The van der Waals surface area contributed by atoms with Crippen molar-refractivity contribution in [2.24, 2.45) is 10.9 Å². The molecule has 0 bridgehead atoms. The predicted molar refractivity (Wildman–Crippen MR) is 116 cm³/mol. The third kappa shape index (κ3) is 9.07. The summed E-state index contributed by atoms with van der Waals surface area (Å²) in [4.78, 5) is 10.0. The van der Waals surface area contributed by atoms with Crippen molar-refractivity contribution in [2.45, 2.75) is 52.1 Å². The van der Waals surface area contributed by atoms with E-state index in [2.05, 4.69) is 41.2 Å². The van der Waals surface area contributed by atoms with Crippen molar-refractivity contribution in [2.75, 3.05) is 72.7 Å². The summed E-state index contributed by atoms with van der Waals surface area (Å²) in [5, 5.41) is 6.94. The van der Waals surface area contributed by atoms with E-state index in [4.69, 9.17) is 14.5 Å². The second kappa shape index (κ2) is 13.4. The molecule has 0 spiro atoms. The number of guanidine groups is 1. The van der Waals surface area contributed by atoms with E-state index < -0.39 is 0 Å². The van der Waals surface area contributed by atoms with Crippen molar-refractivity contribution < 1.29 is 9.47 Å². The van der Waals surface area contributed by atoms with Crippen molar-refractivity contribution in [3.63, 3.8) is 0 Å². The molecule has 1 atom stereocenters. The second-order valence-electron chi connectivity index (χ2n) is 8.34. The Balaban J connectivity index is 1.83. The van der Waals surface area contributed by atoms with E-state index in [9.17, 15) is 0 Å². The Bertz CT molecular complexity index is 437. The van der Waals surface area contributed by atoms with E-state index in [0.717, 1.165) is 77.6 Å². The maximum absolute atomic E-state index is 5.53. The monoisotopic (exact) mass is 397 g/mol. The molecule has 1 heterocycles. The van der Waals surface area contributed by atoms with Crippen LogP contribution in [0.4, 0.5) is 0 Å². The van der Waals surface area contributed by atoms with Gasteiger partial charge in [0.25, 0.3) is 0 Å². The summed E-state index contributed by atoms with van der Waals surface area (Å²) in [6.07, 6.45) is 3.83. The minimum absolute atomic E-state index is 0.490. The molecule has 28 heavy (non-hydrogen) atoms. The van der Waals surface area contributed by atoms with Crippen molar-refractivity contribution in [3.05, 3.63) is 0 Å². The van der Waals surface area contributed by atoms with Crippen LogP contribution in [0.15, 0.2) is 4.99 Å². The molecule has 0 radical (unpaired) electrons. The molecule has 2 aliphatic rings. The van der Waals surface area contributed by atoms with Gasteiger partial charge in [0.15, 0.2) is 5.96 Å². The molecule has 0 aromatic rings. The fourth-order valence-electron chi connectivity index (χ4n) is 3.81. The topological polar surface area (TPSA) is 61.4 Å². The van der Waals surface area contributed by atoms with Gasteiger partial charge in [-0.1, -0.05) is 13.8 Å². The molecule has 2 rings (SSSR count). The van der Waals surface area contributed by atoms with Gasteiger partial charge in [-0.25, -0.2) is 0 Å². The van der Waals surface area contributed by atoms with E-state index in [1.54, 1.807) is 7.11 Å². The summed E-state index contributed by atoms with van der Waals surface area (Å²) in [6, 6.07) is 1.25. The van der Waals surface area contributed by atoms with Crippen LogP contribution in [-0.4, -0.2) is 101 Å². The van der Waals surface area contributed by atoms with Crippen LogP contribution >= 0.6 is 0 Å². The molecule has 1 aliphatic heterocycles. The van der Waals surface area contributed by atoms with Crippen LogP contribution in [0.25, 0.3) is 0 Å². The van der Waals surface area contributed by atoms with Crippen LogP contribution in [-0.2, 0) is 9.47 Å². The third-order valence-electron chi connectivity index (χ3n) is 5.45. The Labute approximate surface area is 172 Å². The highest BCUT2D eigenvalue weighted by molar-refractivity contribution is 5.79. The summed E-state index contributed by atoms with van der Waals surface area (Å²) in [5.74, 6) is 1.61. The largest absolute Gasteiger partial charge is 0.383 e. The normalized spacial score (nSPS) is 20.0. The molecule has 2 N–H and O–H groups in total. The maximum atomic E-state index is 5.53. The molecular weight excluding hydrogens is 354 g/mol. The summed E-state index contributed by atoms with van der Waals surface area (Å²) < 4.78 is 10.8. The van der Waals surface area contributed by atoms with E-state index in [1.807, 2.05) is 0 Å². The van der Waals surface area contributed by atoms with Gasteiger partial charge in [0.1, 0.15) is 0 Å². The number of morpholine rings is 1. The lowest BCUT2D eigenvalue weighted by atomic mass is 10.0. The van der Waals surface area contributed by atoms with Crippen LogP contribution in [0.1, 0.15) is 40.0 Å². The van der Waals surface area contributed by atoms with Crippen LogP contribution in [0.2, 0.25) is 0 Å². The van der Waals surface area contributed by atoms with Crippen molar-refractivity contribution >= 4 is 5.96 Å². The number of ether oxygens (including phenoxy) is 2. The molecule has 1 unspecified atom stereocenters. The average Bonchev–Trinajstić information content (AvgIpc) is 3.53. The lowest BCUT2D eigenvalue weighted by Crippen LogP contribution is -2.47. The zero-order valence-electron chi connectivity index (χ0n) is 18.6. The maximum Gasteiger partial charge on any atom is 0.191 e. The molecule has 1 aliphatic carbocycles. The Morgan fingerprint density at radius 2 is 1.96 bits per heavy atom. The summed E-state index contributed by atoms with van der Waals surface area (Å²) in [5.41, 5.74) is 0. The molecule has 164 valence electrons. The lowest BCUT2D eigenvalue weighted by Gasteiger charge is -2.34. The van der Waals surface area contributed by atoms with Gasteiger partial charge < -0.3 is 20.1 Å². The van der Waals surface area contributed by atoms with Crippen LogP contribution in [0, 0.1) is 5.92 Å². The molecule has 1 saturated carbocycles. The first-order valence-electron chi connectivity index (χ1n) is 11.2. The fourth-order valence-corrected chi connectivity index (χ4v) is 3.81. The number of hydrogen-bond acceptors (Lipinski definition) is 5. The lowest BCUT2D eigenvalue weighted by molar-refractivity contribution is 0.0143. The highest BCUT2D eigenvalue weighted by atomic mass is 16.5. The Kier molecular flexibility index (Phi) is 11.2. The average molecular weight is 398 g/mol. The molecule has 7 heteroatoms. The highest BCUT2D eigenvalue weighted by Gasteiger charge is 2.28. The van der Waals surface area contributed by atoms with E-state index >= 15 is 0 Å². The number of nitrogens with one attached hydrogen (secondary N) is 2. The molecule has 0 amide bonds. The van der Waals surface area contributed by atoms with Crippen molar-refractivity contribution in [1.82, 2.24) is 20.4 Å². The van der Waals surface area contributed by atoms with Crippen molar-refractivity contribution in [1.29, 1.82) is 0 Å². The zero-order valence-corrected chi connectivity index (χ0v) is 18.6. The molecule has 7 nitrogen and oxygen atoms in total. The van der Waals surface area contributed by atoms with Gasteiger partial charge in [0, 0.05) is 58.5 Å². The van der Waals surface area contributed by atoms with Gasteiger partial charge in [-0.2, -0.15) is 0 Å². The zero-order chi connectivity index (χ0) is 20.2. The van der Waals surface area contributed by atoms with Crippen LogP contribution in [0.3, 0.4) is 0 Å². The molecule has 0 aromatic heterocycles. The van der Waals surface area contributed by atoms with Gasteiger partial charge in [-0.3, -0.25) is 14.8 Å². The number of hydrogen-bond donors (Lipinski definition) is 2. The number of aliphatic imine (C=N–C) groups is 1. The Hall–Kier alpha value is -0.890. The predicted octanol–water partition coefficient (Wildman–Crippen LogP) is 1.40. The summed E-state index contributed by atoms with van der Waals surface area (Å²) in [7, 11) is 1.78. The molecule has 2 fully saturated rings. The number of rotatable bonds is 13. The van der Waals surface area contributed by atoms with Gasteiger partial charge in [0.05, 0.1) is 26.4 Å². The quantitative estimate of drug-likeness (QED) is 0.362. The number of methoxy groups -OCH3 is 1. The van der Waals surface area contributed by atoms with E-state index in [1.165, 1.54) is 19.3 Å². The van der Waals surface area contributed by atoms with Crippen molar-refractivity contribution in [3.8, 4) is 0 Å². The van der Waals surface area contributed by atoms with Crippen LogP contribution < -0.4 is 10.6 Å². The van der Waals surface area contributed by atoms with Gasteiger partial charge in [-0.15, -0.1) is 0 Å². The van der Waals surface area contributed by atoms with E-state index in [0.29, 0.717) is 12.0 Å². The summed E-state index contributed by atoms with van der Waals surface area (Å²) in [6.45, 7) is 15.9. The SMILES string of the molecule is CCNC(=NCC(CC(C)C)N1CCOCC1)NCCN(CCOC)C1CC1. The van der Waals surface area contributed by atoms with E-state index in [-0.39, 0.29) is 0 Å². The van der Waals surface area contributed by atoms with Gasteiger partial charge in [0.2, 0.25) is 0 Å². The van der Waals surface area contributed by atoms with Gasteiger partial charge >= 0.3 is 0 Å². The number of nitrogens with zero attached hydrogens (tertiary/aromatic N) is 3. The molecule has 0 aromatic carbocycles. The first-order chi connectivity index (χ1) is 13.6. The molecular formula is C21H43N5O2. The van der Waals surface area contributed by atoms with Crippen LogP contribution in [0.5, 0.6) is 0 Å². The fraction of sp³-hybridized carbons (Fsp3) is 0.952. The second-order valence-corrected chi connectivity index (χ2v) is 8.34. The smallest absolute Gasteiger partial charge is 0.191 e. The highest BCUT2D eigenvalue weighted by Crippen LogP contribution is 2.25. The minimum atomic E-state index is 0.490. The Morgan fingerprint density at radius 1 is 1.21 bits per heavy atom. The minimum Gasteiger partial charge on any atom is -0.383 e. The molecule has 1 saturated heterocycles. The standard InChI is InChI=1S/C21H43N5O2/c1-5-22-21(23-8-9-25(10-13-27-4)19-6-7-19)24-17-20(16-18(2)3)26-11-14-28-15-12-26/h18-20H,5-17H2,1-4H3,(H2,22,23,24). The third-order valence-corrected chi connectivity index (χ3v) is 5.45. The van der Waals surface area contributed by atoms with Gasteiger partial charge in [-0.05, 0) is 32.1 Å². The summed E-state index contributed by atoms with van der Waals surface area (Å²) >= 11 is 0. The Morgan fingerprint density at radius 3 is 2.57 bits per heavy atom. The first kappa shape index (κ1) is 23.4.